The number of amides is 2. The van der Waals surface area contributed by atoms with Gasteiger partial charge in [0.1, 0.15) is 5.82 Å². The highest BCUT2D eigenvalue weighted by atomic mass is 79.9. The molecule has 2 N–H and O–H groups in total. The summed E-state index contributed by atoms with van der Waals surface area (Å²) >= 11 is 9.55. The second-order valence-electron chi connectivity index (χ2n) is 9.00. The van der Waals surface area contributed by atoms with Gasteiger partial charge in [-0.25, -0.2) is 9.18 Å². The molecule has 0 saturated heterocycles. The van der Waals surface area contributed by atoms with Gasteiger partial charge in [0.25, 0.3) is 0 Å². The molecule has 8 heteroatoms. The third-order valence-corrected chi connectivity index (χ3v) is 7.68. The molecule has 0 atom stereocenters. The number of nitrogens with one attached hydrogen (secondary N) is 2. The molecule has 154 valence electrons. The maximum absolute atomic E-state index is 14.1. The van der Waals surface area contributed by atoms with Crippen LogP contribution in [-0.2, 0) is 6.54 Å². The van der Waals surface area contributed by atoms with E-state index in [0.717, 1.165) is 37.0 Å². The fourth-order valence-corrected chi connectivity index (χ4v) is 6.69. The molecule has 29 heavy (non-hydrogen) atoms. The van der Waals surface area contributed by atoms with Crippen LogP contribution in [0.25, 0.3) is 0 Å². The van der Waals surface area contributed by atoms with E-state index >= 15 is 0 Å². The second-order valence-corrected chi connectivity index (χ2v) is 10.3. The standard InChI is InChI=1S/C21H23BrClFN4O/c22-16-11-28(10-15-17(23)2-1-3-18(15)24)27-19(16)25-20(29)26-21-7-12-4-13(8-21)6-14(5-12)9-21/h1-3,11-14H,4-10H2,(H2,25,26,27,29). The zero-order valence-electron chi connectivity index (χ0n) is 15.9. The van der Waals surface area contributed by atoms with Crippen LogP contribution in [0.4, 0.5) is 15.0 Å². The number of carbonyl (C=O) groups is 1. The average Bonchev–Trinajstić information content (AvgIpc) is 2.95. The van der Waals surface area contributed by atoms with Gasteiger partial charge in [-0.2, -0.15) is 5.10 Å². The Balaban J connectivity index is 1.27. The average molecular weight is 482 g/mol. The maximum atomic E-state index is 14.1. The summed E-state index contributed by atoms with van der Waals surface area (Å²) in [6, 6.07) is 4.37. The van der Waals surface area contributed by atoms with Crippen LogP contribution < -0.4 is 10.6 Å². The summed E-state index contributed by atoms with van der Waals surface area (Å²) in [5, 5.41) is 10.9. The normalized spacial score (nSPS) is 29.8. The van der Waals surface area contributed by atoms with E-state index in [1.54, 1.807) is 23.0 Å². The Morgan fingerprint density at radius 3 is 2.52 bits per heavy atom. The smallest absolute Gasteiger partial charge is 0.320 e. The van der Waals surface area contributed by atoms with Crippen LogP contribution in [-0.4, -0.2) is 21.4 Å². The van der Waals surface area contributed by atoms with Gasteiger partial charge in [0, 0.05) is 22.3 Å². The molecule has 0 unspecified atom stereocenters. The van der Waals surface area contributed by atoms with Gasteiger partial charge in [0.15, 0.2) is 5.82 Å². The van der Waals surface area contributed by atoms with Crippen molar-refractivity contribution < 1.29 is 9.18 Å². The molecule has 2 aromatic rings. The van der Waals surface area contributed by atoms with Crippen molar-refractivity contribution in [2.45, 2.75) is 50.6 Å². The van der Waals surface area contributed by atoms with Crippen molar-refractivity contribution in [2.75, 3.05) is 5.32 Å². The number of hydrogen-bond donors (Lipinski definition) is 2. The molecule has 0 radical (unpaired) electrons. The van der Waals surface area contributed by atoms with Crippen LogP contribution in [0.5, 0.6) is 0 Å². The number of benzene rings is 1. The maximum Gasteiger partial charge on any atom is 0.320 e. The minimum absolute atomic E-state index is 0.0609. The molecule has 1 aromatic carbocycles. The number of urea groups is 1. The molecule has 0 spiro atoms. The Kier molecular flexibility index (Phi) is 4.86. The minimum atomic E-state index is -0.377. The SMILES string of the molecule is O=C(Nc1nn(Cc2c(F)cccc2Cl)cc1Br)NC12CC3CC(CC(C3)C1)C2. The lowest BCUT2D eigenvalue weighted by molar-refractivity contribution is -0.0127. The summed E-state index contributed by atoms with van der Waals surface area (Å²) < 4.78 is 16.3. The summed E-state index contributed by atoms with van der Waals surface area (Å²) in [6.45, 7) is 0.183. The molecule has 4 bridgehead atoms. The van der Waals surface area contributed by atoms with Crippen molar-refractivity contribution in [3.63, 3.8) is 0 Å². The van der Waals surface area contributed by atoms with Gasteiger partial charge in [-0.1, -0.05) is 17.7 Å². The fraction of sp³-hybridized carbons (Fsp3) is 0.524. The summed E-state index contributed by atoms with van der Waals surface area (Å²) in [4.78, 5) is 12.8. The molecular weight excluding hydrogens is 459 g/mol. The third kappa shape index (κ3) is 3.79. The molecule has 4 aliphatic carbocycles. The molecule has 2 amide bonds. The summed E-state index contributed by atoms with van der Waals surface area (Å²) in [6.07, 6.45) is 8.98. The van der Waals surface area contributed by atoms with E-state index < -0.39 is 0 Å². The van der Waals surface area contributed by atoms with E-state index in [0.29, 0.717) is 20.9 Å². The predicted octanol–water partition coefficient (Wildman–Crippen LogP) is 5.58. The number of halogens is 3. The topological polar surface area (TPSA) is 59.0 Å². The molecular formula is C21H23BrClFN4O. The van der Waals surface area contributed by atoms with E-state index in [-0.39, 0.29) is 23.9 Å². The zero-order valence-corrected chi connectivity index (χ0v) is 18.3. The Morgan fingerprint density at radius 1 is 1.24 bits per heavy atom. The van der Waals surface area contributed by atoms with Gasteiger partial charge in [0.05, 0.1) is 11.0 Å². The van der Waals surface area contributed by atoms with E-state index in [2.05, 4.69) is 31.7 Å². The highest BCUT2D eigenvalue weighted by Gasteiger charge is 2.51. The number of aromatic nitrogens is 2. The Bertz CT molecular complexity index is 907. The fourth-order valence-electron chi connectivity index (χ4n) is 6.05. The quantitative estimate of drug-likeness (QED) is 0.599. The summed E-state index contributed by atoms with van der Waals surface area (Å²) in [7, 11) is 0. The monoisotopic (exact) mass is 480 g/mol. The van der Waals surface area contributed by atoms with Crippen LogP contribution in [0.3, 0.4) is 0 Å². The first kappa shape index (κ1) is 19.4. The first-order chi connectivity index (χ1) is 13.9. The van der Waals surface area contributed by atoms with Gasteiger partial charge in [0.2, 0.25) is 0 Å². The van der Waals surface area contributed by atoms with Crippen LogP contribution in [0.15, 0.2) is 28.9 Å². The van der Waals surface area contributed by atoms with Crippen molar-refractivity contribution in [3.8, 4) is 0 Å². The van der Waals surface area contributed by atoms with Crippen molar-refractivity contribution >= 4 is 39.4 Å². The lowest BCUT2D eigenvalue weighted by Gasteiger charge is -2.56. The first-order valence-corrected chi connectivity index (χ1v) is 11.3. The lowest BCUT2D eigenvalue weighted by atomic mass is 9.53. The Morgan fingerprint density at radius 2 is 1.90 bits per heavy atom. The van der Waals surface area contributed by atoms with Crippen molar-refractivity contribution in [2.24, 2.45) is 17.8 Å². The van der Waals surface area contributed by atoms with Crippen molar-refractivity contribution in [3.05, 3.63) is 45.3 Å². The molecule has 1 aromatic heterocycles. The van der Waals surface area contributed by atoms with E-state index in [9.17, 15) is 9.18 Å². The number of carbonyl (C=O) groups excluding carboxylic acids is 1. The molecule has 0 aliphatic heterocycles. The van der Waals surface area contributed by atoms with Gasteiger partial charge in [-0.05, 0) is 84.3 Å². The van der Waals surface area contributed by atoms with Gasteiger partial charge < -0.3 is 5.32 Å². The molecule has 6 rings (SSSR count). The highest BCUT2D eigenvalue weighted by molar-refractivity contribution is 9.10. The van der Waals surface area contributed by atoms with E-state index in [1.807, 2.05) is 0 Å². The third-order valence-electron chi connectivity index (χ3n) is 6.75. The summed E-state index contributed by atoms with van der Waals surface area (Å²) in [5.74, 6) is 2.33. The van der Waals surface area contributed by atoms with Crippen molar-refractivity contribution in [1.29, 1.82) is 0 Å². The zero-order chi connectivity index (χ0) is 20.2. The van der Waals surface area contributed by atoms with Crippen LogP contribution in [0.1, 0.15) is 44.1 Å². The number of anilines is 1. The van der Waals surface area contributed by atoms with Gasteiger partial charge in [-0.15, -0.1) is 0 Å². The minimum Gasteiger partial charge on any atom is -0.332 e. The van der Waals surface area contributed by atoms with Gasteiger partial charge in [-0.3, -0.25) is 10.00 Å². The van der Waals surface area contributed by atoms with E-state index in [4.69, 9.17) is 11.6 Å². The molecule has 4 fully saturated rings. The molecule has 5 nitrogen and oxygen atoms in total. The molecule has 4 saturated carbocycles. The highest BCUT2D eigenvalue weighted by Crippen LogP contribution is 2.55. The molecule has 1 heterocycles. The predicted molar refractivity (Wildman–Crippen MR) is 113 cm³/mol. The van der Waals surface area contributed by atoms with Crippen LogP contribution in [0.2, 0.25) is 5.02 Å². The number of nitrogens with zero attached hydrogens (tertiary/aromatic N) is 2. The van der Waals surface area contributed by atoms with Crippen LogP contribution >= 0.6 is 27.5 Å². The molecule has 4 aliphatic rings. The first-order valence-electron chi connectivity index (χ1n) is 10.1. The summed E-state index contributed by atoms with van der Waals surface area (Å²) in [5.41, 5.74) is 0.308. The Hall–Kier alpha value is -1.60. The van der Waals surface area contributed by atoms with Gasteiger partial charge >= 0.3 is 6.03 Å². The number of hydrogen-bond acceptors (Lipinski definition) is 2. The van der Waals surface area contributed by atoms with E-state index in [1.165, 1.54) is 25.3 Å². The number of rotatable bonds is 4. The Labute approximate surface area is 182 Å². The van der Waals surface area contributed by atoms with Crippen LogP contribution in [0, 0.1) is 23.6 Å². The van der Waals surface area contributed by atoms with Crippen molar-refractivity contribution in [1.82, 2.24) is 15.1 Å². The second kappa shape index (κ2) is 7.27. The lowest BCUT2D eigenvalue weighted by Crippen LogP contribution is -2.60. The largest absolute Gasteiger partial charge is 0.332 e.